The lowest BCUT2D eigenvalue weighted by atomic mass is 9.91. The third-order valence-corrected chi connectivity index (χ3v) is 7.32. The van der Waals surface area contributed by atoms with Crippen molar-refractivity contribution < 1.29 is 23.4 Å². The molecule has 1 amide bonds. The minimum Gasteiger partial charge on any atom is -0.493 e. The SMILES string of the molecule is COc1cc2c(cc1OC)C(COc1ccc3c(C)cc(=O)oc3c1)N(C(=O)c1cc(Cl)ccc1Cl)CC2. The summed E-state index contributed by atoms with van der Waals surface area (Å²) in [6.45, 7) is 2.42. The van der Waals surface area contributed by atoms with E-state index in [2.05, 4.69) is 0 Å². The van der Waals surface area contributed by atoms with E-state index in [1.807, 2.05) is 31.2 Å². The maximum atomic E-state index is 13.8. The molecule has 2 heterocycles. The van der Waals surface area contributed by atoms with Crippen molar-refractivity contribution in [2.24, 2.45) is 0 Å². The van der Waals surface area contributed by atoms with Crippen LogP contribution in [-0.4, -0.2) is 38.2 Å². The number of carbonyl (C=O) groups is 1. The number of ether oxygens (including phenoxy) is 3. The highest BCUT2D eigenvalue weighted by Gasteiger charge is 2.34. The van der Waals surface area contributed by atoms with E-state index in [9.17, 15) is 9.59 Å². The van der Waals surface area contributed by atoms with Gasteiger partial charge in [-0.2, -0.15) is 0 Å². The average Bonchev–Trinajstić information content (AvgIpc) is 2.91. The minimum atomic E-state index is -0.471. The predicted octanol–water partition coefficient (Wildman–Crippen LogP) is 6.24. The Balaban J connectivity index is 1.53. The number of carbonyl (C=O) groups excluding carboxylic acids is 1. The van der Waals surface area contributed by atoms with E-state index in [0.717, 1.165) is 22.1 Å². The van der Waals surface area contributed by atoms with Crippen LogP contribution in [0.15, 0.2) is 63.8 Å². The topological polar surface area (TPSA) is 78.2 Å². The second kappa shape index (κ2) is 10.6. The van der Waals surface area contributed by atoms with E-state index >= 15 is 0 Å². The fourth-order valence-corrected chi connectivity index (χ4v) is 5.21. The van der Waals surface area contributed by atoms with E-state index in [1.165, 1.54) is 6.07 Å². The Labute approximate surface area is 229 Å². The molecule has 1 aromatic heterocycles. The summed E-state index contributed by atoms with van der Waals surface area (Å²) in [4.78, 5) is 27.4. The summed E-state index contributed by atoms with van der Waals surface area (Å²) < 4.78 is 22.6. The maximum absolute atomic E-state index is 13.8. The standard InChI is InChI=1S/C29H25Cl2NO6/c1-16-10-28(33)38-25-13-19(5-6-20(16)25)37-15-24-21-14-27(36-3)26(35-2)11-17(21)8-9-32(24)29(34)22-12-18(30)4-7-23(22)31/h4-7,10-14,24H,8-9,15H2,1-3H3. The first-order valence-corrected chi connectivity index (χ1v) is 12.7. The van der Waals surface area contributed by atoms with Crippen molar-refractivity contribution in [1.82, 2.24) is 4.90 Å². The molecule has 0 radical (unpaired) electrons. The highest BCUT2D eigenvalue weighted by Crippen LogP contribution is 2.39. The number of hydrogen-bond donors (Lipinski definition) is 0. The molecule has 1 unspecified atom stereocenters. The summed E-state index contributed by atoms with van der Waals surface area (Å²) in [6.07, 6.45) is 0.608. The van der Waals surface area contributed by atoms with Crippen LogP contribution in [0.5, 0.6) is 17.2 Å². The Hall–Kier alpha value is -3.68. The van der Waals surface area contributed by atoms with Crippen LogP contribution in [0.2, 0.25) is 10.0 Å². The summed E-state index contributed by atoms with van der Waals surface area (Å²) >= 11 is 12.6. The number of hydrogen-bond acceptors (Lipinski definition) is 6. The molecule has 0 aliphatic carbocycles. The van der Waals surface area contributed by atoms with Crippen LogP contribution in [-0.2, 0) is 6.42 Å². The molecular formula is C29H25Cl2NO6. The normalized spacial score (nSPS) is 14.8. The van der Waals surface area contributed by atoms with Crippen molar-refractivity contribution in [3.63, 3.8) is 0 Å². The number of nitrogens with zero attached hydrogens (tertiary/aromatic N) is 1. The first-order valence-electron chi connectivity index (χ1n) is 12.0. The van der Waals surface area contributed by atoms with Crippen LogP contribution < -0.4 is 19.8 Å². The van der Waals surface area contributed by atoms with Crippen LogP contribution in [0.4, 0.5) is 0 Å². The fraction of sp³-hybridized carbons (Fsp3) is 0.241. The molecule has 196 valence electrons. The Kier molecular flexibility index (Phi) is 7.23. The maximum Gasteiger partial charge on any atom is 0.336 e. The zero-order chi connectivity index (χ0) is 27.0. The smallest absolute Gasteiger partial charge is 0.336 e. The van der Waals surface area contributed by atoms with Crippen molar-refractivity contribution >= 4 is 40.1 Å². The van der Waals surface area contributed by atoms with Crippen LogP contribution >= 0.6 is 23.2 Å². The molecule has 4 aromatic rings. The zero-order valence-electron chi connectivity index (χ0n) is 21.0. The second-order valence-corrected chi connectivity index (χ2v) is 9.86. The van der Waals surface area contributed by atoms with Crippen molar-refractivity contribution in [3.8, 4) is 17.2 Å². The number of benzene rings is 3. The summed E-state index contributed by atoms with van der Waals surface area (Å²) in [5.74, 6) is 1.41. The van der Waals surface area contributed by atoms with Gasteiger partial charge >= 0.3 is 5.63 Å². The second-order valence-electron chi connectivity index (χ2n) is 9.01. The molecule has 1 aliphatic rings. The lowest BCUT2D eigenvalue weighted by Gasteiger charge is -2.38. The molecule has 3 aromatic carbocycles. The van der Waals surface area contributed by atoms with E-state index in [1.54, 1.807) is 43.4 Å². The summed E-state index contributed by atoms with van der Waals surface area (Å²) in [7, 11) is 3.16. The Bertz CT molecular complexity index is 1600. The Morgan fingerprint density at radius 2 is 1.79 bits per heavy atom. The largest absolute Gasteiger partial charge is 0.493 e. The van der Waals surface area contributed by atoms with Gasteiger partial charge in [-0.15, -0.1) is 0 Å². The highest BCUT2D eigenvalue weighted by atomic mass is 35.5. The molecule has 0 saturated heterocycles. The Morgan fingerprint density at radius 3 is 2.55 bits per heavy atom. The Morgan fingerprint density at radius 1 is 1.03 bits per heavy atom. The molecule has 0 saturated carbocycles. The molecule has 0 N–H and O–H groups in total. The fourth-order valence-electron chi connectivity index (χ4n) is 4.84. The van der Waals surface area contributed by atoms with Gasteiger partial charge in [-0.05, 0) is 72.5 Å². The van der Waals surface area contributed by atoms with Gasteiger partial charge in [0.25, 0.3) is 5.91 Å². The van der Waals surface area contributed by atoms with Gasteiger partial charge in [0, 0.05) is 29.1 Å². The van der Waals surface area contributed by atoms with Crippen molar-refractivity contribution in [1.29, 1.82) is 0 Å². The van der Waals surface area contributed by atoms with Crippen LogP contribution in [0.1, 0.15) is 33.1 Å². The average molecular weight is 554 g/mol. The molecule has 38 heavy (non-hydrogen) atoms. The molecule has 0 fully saturated rings. The number of aryl methyl sites for hydroxylation is 1. The van der Waals surface area contributed by atoms with Gasteiger partial charge in [-0.1, -0.05) is 23.2 Å². The van der Waals surface area contributed by atoms with Crippen molar-refractivity contribution in [2.45, 2.75) is 19.4 Å². The summed E-state index contributed by atoms with van der Waals surface area (Å²) in [5.41, 5.74) is 3.05. The number of amides is 1. The van der Waals surface area contributed by atoms with Crippen molar-refractivity contribution in [2.75, 3.05) is 27.4 Å². The first-order chi connectivity index (χ1) is 18.3. The molecule has 5 rings (SSSR count). The van der Waals surface area contributed by atoms with Gasteiger partial charge in [0.15, 0.2) is 11.5 Å². The molecule has 1 atom stereocenters. The molecule has 0 spiro atoms. The van der Waals surface area contributed by atoms with Gasteiger partial charge in [-0.25, -0.2) is 4.79 Å². The predicted molar refractivity (Wildman–Crippen MR) is 146 cm³/mol. The zero-order valence-corrected chi connectivity index (χ0v) is 22.6. The number of methoxy groups -OCH3 is 2. The third kappa shape index (κ3) is 4.91. The monoisotopic (exact) mass is 553 g/mol. The van der Waals surface area contributed by atoms with Gasteiger partial charge < -0.3 is 23.5 Å². The number of rotatable bonds is 6. The summed E-state index contributed by atoms with van der Waals surface area (Å²) in [5, 5.41) is 1.56. The van der Waals surface area contributed by atoms with Gasteiger partial charge in [-0.3, -0.25) is 4.79 Å². The third-order valence-electron chi connectivity index (χ3n) is 6.75. The lowest BCUT2D eigenvalue weighted by Crippen LogP contribution is -2.42. The number of fused-ring (bicyclic) bond motifs is 2. The van der Waals surface area contributed by atoms with E-state index in [-0.39, 0.29) is 12.5 Å². The molecule has 9 heteroatoms. The lowest BCUT2D eigenvalue weighted by molar-refractivity contribution is 0.0589. The quantitative estimate of drug-likeness (QED) is 0.263. The van der Waals surface area contributed by atoms with Crippen LogP contribution in [0.3, 0.4) is 0 Å². The molecule has 1 aliphatic heterocycles. The van der Waals surface area contributed by atoms with Crippen LogP contribution in [0, 0.1) is 6.92 Å². The molecular weight excluding hydrogens is 529 g/mol. The number of halogens is 2. The molecule has 0 bridgehead atoms. The van der Waals surface area contributed by atoms with Gasteiger partial charge in [0.2, 0.25) is 0 Å². The first kappa shape index (κ1) is 25.9. The van der Waals surface area contributed by atoms with Crippen molar-refractivity contribution in [3.05, 3.63) is 97.3 Å². The highest BCUT2D eigenvalue weighted by molar-refractivity contribution is 6.35. The van der Waals surface area contributed by atoms with Gasteiger partial charge in [0.05, 0.1) is 30.8 Å². The minimum absolute atomic E-state index is 0.133. The molecule has 7 nitrogen and oxygen atoms in total. The van der Waals surface area contributed by atoms with E-state index in [0.29, 0.717) is 51.4 Å². The van der Waals surface area contributed by atoms with E-state index < -0.39 is 11.7 Å². The van der Waals surface area contributed by atoms with Gasteiger partial charge in [0.1, 0.15) is 17.9 Å². The van der Waals surface area contributed by atoms with E-state index in [4.69, 9.17) is 41.8 Å². The summed E-state index contributed by atoms with van der Waals surface area (Å²) in [6, 6.07) is 15.0. The van der Waals surface area contributed by atoms with Crippen LogP contribution in [0.25, 0.3) is 11.0 Å².